The highest BCUT2D eigenvalue weighted by molar-refractivity contribution is 5.25. The van der Waals surface area contributed by atoms with Crippen LogP contribution in [0.3, 0.4) is 0 Å². The first-order valence-corrected chi connectivity index (χ1v) is 7.87. The fraction of sp³-hybridized carbons (Fsp3) is 0.800. The maximum absolute atomic E-state index is 9.11. The molecule has 3 rings (SSSR count). The van der Waals surface area contributed by atoms with E-state index in [1.807, 2.05) is 10.9 Å². The Labute approximate surface area is 120 Å². The lowest BCUT2D eigenvalue weighted by Crippen LogP contribution is -2.35. The molecule has 5 nitrogen and oxygen atoms in total. The number of hydrogen-bond donors (Lipinski definition) is 2. The lowest BCUT2D eigenvalue weighted by molar-refractivity contribution is 0.142. The highest BCUT2D eigenvalue weighted by Gasteiger charge is 2.26. The molecule has 0 aromatic carbocycles. The van der Waals surface area contributed by atoms with Crippen LogP contribution in [0.1, 0.15) is 49.4 Å². The van der Waals surface area contributed by atoms with Gasteiger partial charge < -0.3 is 15.2 Å². The molecule has 0 bridgehead atoms. The van der Waals surface area contributed by atoms with E-state index in [0.29, 0.717) is 18.6 Å². The van der Waals surface area contributed by atoms with Gasteiger partial charge in [0.25, 0.3) is 0 Å². The van der Waals surface area contributed by atoms with Crippen LogP contribution < -0.4 is 5.32 Å². The number of nitrogens with zero attached hydrogens (tertiary/aromatic N) is 2. The molecule has 0 saturated carbocycles. The lowest BCUT2D eigenvalue weighted by Gasteiger charge is -2.28. The maximum Gasteiger partial charge on any atom is 0.0644 e. The first-order chi connectivity index (χ1) is 9.88. The van der Waals surface area contributed by atoms with Gasteiger partial charge in [-0.15, -0.1) is 0 Å². The fourth-order valence-corrected chi connectivity index (χ4v) is 3.43. The third-order valence-corrected chi connectivity index (χ3v) is 4.46. The average Bonchev–Trinajstić information content (AvgIpc) is 2.70. The number of nitrogens with one attached hydrogen (secondary N) is 1. The van der Waals surface area contributed by atoms with Gasteiger partial charge in [0.1, 0.15) is 0 Å². The molecule has 2 aliphatic rings. The SMILES string of the molecule is OCCn1ncc2c1CCCC2NC1CCCOCC1. The normalized spacial score (nSPS) is 27.1. The summed E-state index contributed by atoms with van der Waals surface area (Å²) >= 11 is 0. The Morgan fingerprint density at radius 3 is 3.15 bits per heavy atom. The molecule has 1 aromatic heterocycles. The summed E-state index contributed by atoms with van der Waals surface area (Å²) in [5.74, 6) is 0. The summed E-state index contributed by atoms with van der Waals surface area (Å²) < 4.78 is 7.51. The van der Waals surface area contributed by atoms with Gasteiger partial charge in [-0.1, -0.05) is 0 Å². The zero-order valence-corrected chi connectivity index (χ0v) is 12.1. The molecule has 20 heavy (non-hydrogen) atoms. The van der Waals surface area contributed by atoms with E-state index in [1.54, 1.807) is 0 Å². The Balaban J connectivity index is 1.69. The molecule has 0 radical (unpaired) electrons. The van der Waals surface area contributed by atoms with Crippen LogP contribution in [-0.2, 0) is 17.7 Å². The number of aliphatic hydroxyl groups is 1. The Bertz CT molecular complexity index is 425. The molecule has 1 saturated heterocycles. The molecule has 1 aromatic rings. The molecule has 1 fully saturated rings. The average molecular weight is 279 g/mol. The number of fused-ring (bicyclic) bond motifs is 1. The second-order valence-electron chi connectivity index (χ2n) is 5.85. The lowest BCUT2D eigenvalue weighted by atomic mass is 9.91. The highest BCUT2D eigenvalue weighted by Crippen LogP contribution is 2.30. The van der Waals surface area contributed by atoms with E-state index in [2.05, 4.69) is 10.4 Å². The number of rotatable bonds is 4. The van der Waals surface area contributed by atoms with Crippen molar-refractivity contribution in [2.24, 2.45) is 0 Å². The first kappa shape index (κ1) is 14.0. The van der Waals surface area contributed by atoms with Gasteiger partial charge in [-0.05, 0) is 38.5 Å². The van der Waals surface area contributed by atoms with E-state index in [4.69, 9.17) is 9.84 Å². The monoisotopic (exact) mass is 279 g/mol. The van der Waals surface area contributed by atoms with Crippen LogP contribution >= 0.6 is 0 Å². The molecule has 0 spiro atoms. The third-order valence-electron chi connectivity index (χ3n) is 4.46. The number of aromatic nitrogens is 2. The molecule has 5 heteroatoms. The summed E-state index contributed by atoms with van der Waals surface area (Å²) in [5, 5.41) is 17.4. The summed E-state index contributed by atoms with van der Waals surface area (Å²) in [6, 6.07) is 0.990. The van der Waals surface area contributed by atoms with Gasteiger partial charge in [0.05, 0.1) is 19.3 Å². The van der Waals surface area contributed by atoms with Gasteiger partial charge in [-0.25, -0.2) is 0 Å². The zero-order valence-electron chi connectivity index (χ0n) is 12.1. The van der Waals surface area contributed by atoms with Gasteiger partial charge in [-0.2, -0.15) is 5.10 Å². The Morgan fingerprint density at radius 1 is 1.30 bits per heavy atom. The molecule has 1 aliphatic carbocycles. The van der Waals surface area contributed by atoms with Gasteiger partial charge in [0, 0.05) is 36.6 Å². The van der Waals surface area contributed by atoms with Gasteiger partial charge in [-0.3, -0.25) is 4.68 Å². The molecule has 1 aliphatic heterocycles. The second kappa shape index (κ2) is 6.70. The van der Waals surface area contributed by atoms with Crippen LogP contribution in [0.5, 0.6) is 0 Å². The van der Waals surface area contributed by atoms with Gasteiger partial charge in [0.2, 0.25) is 0 Å². The van der Waals surface area contributed by atoms with E-state index in [9.17, 15) is 0 Å². The largest absolute Gasteiger partial charge is 0.394 e. The molecule has 2 unspecified atom stereocenters. The molecule has 112 valence electrons. The second-order valence-corrected chi connectivity index (χ2v) is 5.85. The summed E-state index contributed by atoms with van der Waals surface area (Å²) in [4.78, 5) is 0. The quantitative estimate of drug-likeness (QED) is 0.875. The first-order valence-electron chi connectivity index (χ1n) is 7.87. The standard InChI is InChI=1S/C15H25N3O2/c19-8-7-18-15-5-1-4-14(13(15)11-16-18)17-12-3-2-9-20-10-6-12/h11-12,14,17,19H,1-10H2. The molecule has 0 amide bonds. The zero-order chi connectivity index (χ0) is 13.8. The number of aliphatic hydroxyl groups excluding tert-OH is 1. The minimum absolute atomic E-state index is 0.159. The van der Waals surface area contributed by atoms with Crippen molar-refractivity contribution in [2.45, 2.75) is 57.2 Å². The van der Waals surface area contributed by atoms with Crippen molar-refractivity contribution < 1.29 is 9.84 Å². The van der Waals surface area contributed by atoms with E-state index >= 15 is 0 Å². The van der Waals surface area contributed by atoms with Crippen LogP contribution in [-0.4, -0.2) is 40.7 Å². The van der Waals surface area contributed by atoms with Crippen molar-refractivity contribution in [1.29, 1.82) is 0 Å². The van der Waals surface area contributed by atoms with Crippen molar-refractivity contribution in [3.8, 4) is 0 Å². The minimum atomic E-state index is 0.159. The number of hydrogen-bond acceptors (Lipinski definition) is 4. The summed E-state index contributed by atoms with van der Waals surface area (Å²) in [5.41, 5.74) is 2.66. The Hall–Kier alpha value is -0.910. The smallest absolute Gasteiger partial charge is 0.0644 e. The van der Waals surface area contributed by atoms with E-state index in [0.717, 1.165) is 32.5 Å². The van der Waals surface area contributed by atoms with Crippen molar-refractivity contribution in [1.82, 2.24) is 15.1 Å². The summed E-state index contributed by atoms with van der Waals surface area (Å²) in [7, 11) is 0. The van der Waals surface area contributed by atoms with E-state index in [-0.39, 0.29) is 6.61 Å². The summed E-state index contributed by atoms with van der Waals surface area (Å²) in [6.45, 7) is 2.55. The molecular formula is C15H25N3O2. The highest BCUT2D eigenvalue weighted by atomic mass is 16.5. The van der Waals surface area contributed by atoms with E-state index in [1.165, 1.54) is 30.5 Å². The van der Waals surface area contributed by atoms with Crippen molar-refractivity contribution in [3.05, 3.63) is 17.5 Å². The van der Waals surface area contributed by atoms with Crippen LogP contribution in [0, 0.1) is 0 Å². The van der Waals surface area contributed by atoms with Crippen LogP contribution in [0.4, 0.5) is 0 Å². The van der Waals surface area contributed by atoms with Crippen molar-refractivity contribution >= 4 is 0 Å². The van der Waals surface area contributed by atoms with Gasteiger partial charge >= 0.3 is 0 Å². The molecule has 2 atom stereocenters. The molecule has 2 heterocycles. The Morgan fingerprint density at radius 2 is 2.25 bits per heavy atom. The van der Waals surface area contributed by atoms with E-state index < -0.39 is 0 Å². The Kier molecular flexibility index (Phi) is 4.70. The topological polar surface area (TPSA) is 59.3 Å². The van der Waals surface area contributed by atoms with Crippen molar-refractivity contribution in [3.63, 3.8) is 0 Å². The fourth-order valence-electron chi connectivity index (χ4n) is 3.43. The predicted molar refractivity (Wildman–Crippen MR) is 76.6 cm³/mol. The van der Waals surface area contributed by atoms with Crippen LogP contribution in [0.2, 0.25) is 0 Å². The number of ether oxygens (including phenoxy) is 1. The minimum Gasteiger partial charge on any atom is -0.394 e. The maximum atomic E-state index is 9.11. The summed E-state index contributed by atoms with van der Waals surface area (Å²) in [6.07, 6.45) is 8.94. The predicted octanol–water partition coefficient (Wildman–Crippen LogP) is 1.41. The third kappa shape index (κ3) is 3.05. The van der Waals surface area contributed by atoms with Crippen LogP contribution in [0.25, 0.3) is 0 Å². The van der Waals surface area contributed by atoms with Crippen LogP contribution in [0.15, 0.2) is 6.20 Å². The molecular weight excluding hydrogens is 254 g/mol. The van der Waals surface area contributed by atoms with Crippen molar-refractivity contribution in [2.75, 3.05) is 19.8 Å². The van der Waals surface area contributed by atoms with Gasteiger partial charge in [0.15, 0.2) is 0 Å². The molecule has 2 N–H and O–H groups in total.